The Kier molecular flexibility index (Phi) is 24.7. The average Bonchev–Trinajstić information content (AvgIpc) is 3.85. The van der Waals surface area contributed by atoms with Crippen molar-refractivity contribution in [3.63, 3.8) is 0 Å². The first-order valence-corrected chi connectivity index (χ1v) is 27.5. The Bertz CT molecular complexity index is 2980. The molecule has 3 heterocycles. The molecule has 5 N–H and O–H groups in total. The number of halogens is 3. The number of hydrogen-bond donors (Lipinski definition) is 4. The lowest BCUT2D eigenvalue weighted by molar-refractivity contribution is -0.119. The molecule has 12 rings (SSSR count). The molecule has 0 spiro atoms. The molecular weight excluding hydrogens is 1090 g/mol. The molecule has 6 aromatic rings. The van der Waals surface area contributed by atoms with E-state index >= 15 is 0 Å². The summed E-state index contributed by atoms with van der Waals surface area (Å²) in [6.45, 7) is 5.10. The highest BCUT2D eigenvalue weighted by molar-refractivity contribution is 6.61. The number of carbonyl (C=O) groups is 5. The number of oxime groups is 1. The summed E-state index contributed by atoms with van der Waals surface area (Å²) in [7, 11) is 0. The number of ketones is 2. The number of rotatable bonds is 6. The third-order valence-corrected chi connectivity index (χ3v) is 15.3. The molecule has 428 valence electrons. The summed E-state index contributed by atoms with van der Waals surface area (Å²) in [6, 6.07) is 49.6. The number of ether oxygens (including phenoxy) is 3. The predicted octanol–water partition coefficient (Wildman–Crippen LogP) is 12.9. The number of nitrogens with two attached hydrogens (primary N) is 1. The number of fused-ring (bicyclic) bond motifs is 9. The van der Waals surface area contributed by atoms with Crippen molar-refractivity contribution in [2.45, 2.75) is 75.5 Å². The van der Waals surface area contributed by atoms with E-state index in [2.05, 4.69) is 89.2 Å². The van der Waals surface area contributed by atoms with Gasteiger partial charge in [0.2, 0.25) is 0 Å². The molecule has 3 saturated heterocycles. The second-order valence-electron chi connectivity index (χ2n) is 19.9. The minimum absolute atomic E-state index is 0. The van der Waals surface area contributed by atoms with Crippen molar-refractivity contribution in [2.24, 2.45) is 11.1 Å². The first-order valence-electron chi connectivity index (χ1n) is 27.1. The van der Waals surface area contributed by atoms with E-state index in [1.54, 1.807) is 9.80 Å². The molecule has 15 nitrogen and oxygen atoms in total. The van der Waals surface area contributed by atoms with Crippen LogP contribution >= 0.6 is 36.4 Å². The standard InChI is InChI=1S/C21H22N2O3.C21H21NO3.C15H11ClO2.C6H11NO.2ClH.H3NO/c24-21(23-12-5-6-15(22-25)11-13-23)26-14-20-18-9-3-1-7-16(18)17-8-2-4-10-19(17)20;23-15-6-5-12-22(13-11-15)21(24)25-14-20-18-9-3-1-7-16(18)17-8-2-4-10-19(17)20;16-15(17)18-9-14-12-7-3-1-5-10(12)11-6-2-4-8-13(11)14;8-6-2-1-4-7-5-3-6;;;1-2/h1-4,7-10,20,25H,5-6,11-14H2;1-4,7-10,20H,5-6,11-14H2;1-8,14H,9H2;7H,1-5H2;2*1H;2H,1H2/b22-15+;;;;;;. The van der Waals surface area contributed by atoms with Gasteiger partial charge in [-0.05, 0) is 99.0 Å². The number of hydrogen-bond acceptors (Lipinski definition) is 13. The van der Waals surface area contributed by atoms with Crippen LogP contribution < -0.4 is 11.2 Å². The van der Waals surface area contributed by atoms with Gasteiger partial charge >= 0.3 is 17.6 Å². The average molecular weight is 1160 g/mol. The van der Waals surface area contributed by atoms with Crippen LogP contribution in [0.4, 0.5) is 14.4 Å². The Morgan fingerprint density at radius 3 is 1.19 bits per heavy atom. The van der Waals surface area contributed by atoms with Crippen molar-refractivity contribution in [2.75, 3.05) is 59.1 Å². The molecule has 18 heteroatoms. The van der Waals surface area contributed by atoms with Crippen LogP contribution in [0.5, 0.6) is 0 Å². The number of amides is 2. The van der Waals surface area contributed by atoms with E-state index in [1.807, 2.05) is 72.8 Å². The Labute approximate surface area is 490 Å². The van der Waals surface area contributed by atoms with Crippen LogP contribution in [-0.4, -0.2) is 114 Å². The molecule has 0 saturated carbocycles. The maximum absolute atomic E-state index is 12.5. The van der Waals surface area contributed by atoms with Gasteiger partial charge < -0.3 is 39.7 Å². The first-order chi connectivity index (χ1) is 38.7. The lowest BCUT2D eigenvalue weighted by Gasteiger charge is -2.21. The van der Waals surface area contributed by atoms with Gasteiger partial charge in [-0.3, -0.25) is 9.59 Å². The Hall–Kier alpha value is -7.11. The van der Waals surface area contributed by atoms with Crippen LogP contribution in [0.1, 0.15) is 109 Å². The fourth-order valence-corrected chi connectivity index (χ4v) is 11.3. The molecule has 3 aliphatic heterocycles. The van der Waals surface area contributed by atoms with E-state index in [9.17, 15) is 24.0 Å². The van der Waals surface area contributed by atoms with Gasteiger partial charge in [0.05, 0.1) is 5.71 Å². The van der Waals surface area contributed by atoms with Gasteiger partial charge in [0.25, 0.3) is 0 Å². The Morgan fingerprint density at radius 1 is 0.469 bits per heavy atom. The summed E-state index contributed by atoms with van der Waals surface area (Å²) in [4.78, 5) is 61.3. The molecule has 6 aliphatic rings. The number of nitrogens with zero attached hydrogens (tertiary/aromatic N) is 3. The normalized spacial score (nSPS) is 16.3. The number of nitrogens with one attached hydrogen (secondary N) is 1. The van der Waals surface area contributed by atoms with E-state index in [0.717, 1.165) is 57.3 Å². The van der Waals surface area contributed by atoms with Gasteiger partial charge in [0.15, 0.2) is 0 Å². The fourth-order valence-electron chi connectivity index (χ4n) is 11.3. The largest absolute Gasteiger partial charge is 0.453 e. The fraction of sp³-hybridized carbons (Fsp3) is 0.333. The number of Topliss-reactive ketones (excluding diaryl/α,β-unsaturated/α-hetero) is 2. The van der Waals surface area contributed by atoms with Gasteiger partial charge in [-0.15, -0.1) is 24.8 Å². The minimum Gasteiger partial charge on any atom is -0.453 e. The van der Waals surface area contributed by atoms with Crippen molar-refractivity contribution >= 4 is 71.3 Å². The smallest absolute Gasteiger partial charge is 0.409 e. The first kappa shape index (κ1) is 63.1. The van der Waals surface area contributed by atoms with Gasteiger partial charge in [0, 0.05) is 94.2 Å². The molecule has 0 radical (unpaired) electrons. The summed E-state index contributed by atoms with van der Waals surface area (Å²) in [5, 5.41) is 21.9. The lowest BCUT2D eigenvalue weighted by atomic mass is 9.98. The van der Waals surface area contributed by atoms with Crippen LogP contribution in [0.15, 0.2) is 151 Å². The molecule has 3 fully saturated rings. The molecule has 6 aromatic carbocycles. The monoisotopic (exact) mass is 1160 g/mol. The van der Waals surface area contributed by atoms with Crippen molar-refractivity contribution in [3.8, 4) is 33.4 Å². The molecule has 81 heavy (non-hydrogen) atoms. The van der Waals surface area contributed by atoms with Crippen molar-refractivity contribution in [1.29, 1.82) is 0 Å². The van der Waals surface area contributed by atoms with Crippen LogP contribution in [0, 0.1) is 0 Å². The van der Waals surface area contributed by atoms with E-state index in [4.69, 9.17) is 36.2 Å². The lowest BCUT2D eigenvalue weighted by Crippen LogP contribution is -2.33. The third kappa shape index (κ3) is 16.1. The number of likely N-dealkylation sites (tertiary alicyclic amines) is 2. The Balaban J connectivity index is 0.000000180. The molecule has 2 amide bonds. The van der Waals surface area contributed by atoms with Crippen LogP contribution in [0.25, 0.3) is 33.4 Å². The summed E-state index contributed by atoms with van der Waals surface area (Å²) < 4.78 is 16.3. The maximum Gasteiger partial charge on any atom is 0.409 e. The SMILES string of the molecule is Cl.Cl.NO.O=C(Cl)OCC1c2ccccc2-c2ccccc21.O=C(OCC1c2ccccc2-c2ccccc21)N1CCC/C(=N\O)CC1.O=C1CCCN(C(=O)OCC2c3ccccc3-c3ccccc32)CC1.O=C1CCCNCC1. The van der Waals surface area contributed by atoms with Crippen LogP contribution in [0.3, 0.4) is 0 Å². The van der Waals surface area contributed by atoms with E-state index in [1.165, 1.54) is 66.8 Å². The van der Waals surface area contributed by atoms with Crippen molar-refractivity contribution < 1.29 is 48.6 Å². The quantitative estimate of drug-likeness (QED) is 0.0531. The second kappa shape index (κ2) is 31.8. The zero-order valence-electron chi connectivity index (χ0n) is 45.1. The van der Waals surface area contributed by atoms with Gasteiger partial charge in [-0.1, -0.05) is 151 Å². The van der Waals surface area contributed by atoms with Crippen LogP contribution in [-0.2, 0) is 23.8 Å². The topological polar surface area (TPSA) is 210 Å². The third-order valence-electron chi connectivity index (χ3n) is 15.2. The maximum atomic E-state index is 12.5. The van der Waals surface area contributed by atoms with Gasteiger partial charge in [-0.2, -0.15) is 0 Å². The minimum atomic E-state index is -0.753. The van der Waals surface area contributed by atoms with Gasteiger partial charge in [-0.25, -0.2) is 20.3 Å². The van der Waals surface area contributed by atoms with E-state index in [0.29, 0.717) is 64.4 Å². The van der Waals surface area contributed by atoms with Crippen molar-refractivity contribution in [1.82, 2.24) is 15.1 Å². The number of benzene rings is 6. The van der Waals surface area contributed by atoms with Crippen molar-refractivity contribution in [3.05, 3.63) is 179 Å². The zero-order chi connectivity index (χ0) is 55.5. The molecule has 0 atom stereocenters. The van der Waals surface area contributed by atoms with Gasteiger partial charge in [0.1, 0.15) is 31.4 Å². The molecular formula is C63H70Cl3N5O10. The molecule has 0 bridgehead atoms. The van der Waals surface area contributed by atoms with E-state index in [-0.39, 0.29) is 67.1 Å². The zero-order valence-corrected chi connectivity index (χ0v) is 47.5. The highest BCUT2D eigenvalue weighted by Gasteiger charge is 2.33. The summed E-state index contributed by atoms with van der Waals surface area (Å²) in [5.41, 5.74) is 14.5. The molecule has 0 aromatic heterocycles. The summed E-state index contributed by atoms with van der Waals surface area (Å²) in [5.74, 6) is 4.38. The second-order valence-corrected chi connectivity index (χ2v) is 20.2. The predicted molar refractivity (Wildman–Crippen MR) is 318 cm³/mol. The highest BCUT2D eigenvalue weighted by atomic mass is 35.5. The molecule has 3 aliphatic carbocycles. The summed E-state index contributed by atoms with van der Waals surface area (Å²) in [6.07, 6.45) is 5.79. The highest BCUT2D eigenvalue weighted by Crippen LogP contribution is 2.47. The van der Waals surface area contributed by atoms with Crippen LogP contribution in [0.2, 0.25) is 0 Å². The van der Waals surface area contributed by atoms with E-state index < -0.39 is 5.43 Å². The summed E-state index contributed by atoms with van der Waals surface area (Å²) >= 11 is 5.25. The molecule has 0 unspecified atom stereocenters. The number of carbonyl (C=O) groups excluding carboxylic acids is 5. The Morgan fingerprint density at radius 2 is 0.802 bits per heavy atom.